The second kappa shape index (κ2) is 9.17. The molecule has 2 rings (SSSR count). The molecule has 6 nitrogen and oxygen atoms in total. The van der Waals surface area contributed by atoms with E-state index in [1.807, 2.05) is 6.92 Å². The molecular formula is C16H31ClN4O2S. The maximum atomic E-state index is 12.6. The molecule has 0 saturated carbocycles. The van der Waals surface area contributed by atoms with Crippen molar-refractivity contribution in [2.24, 2.45) is 11.8 Å². The Morgan fingerprint density at radius 3 is 2.67 bits per heavy atom. The van der Waals surface area contributed by atoms with E-state index in [9.17, 15) is 8.42 Å². The van der Waals surface area contributed by atoms with Gasteiger partial charge in [-0.1, -0.05) is 13.8 Å². The van der Waals surface area contributed by atoms with Crippen LogP contribution in [0.2, 0.25) is 0 Å². The van der Waals surface area contributed by atoms with E-state index in [0.29, 0.717) is 29.0 Å². The zero-order chi connectivity index (χ0) is 17.0. The molecular weight excluding hydrogens is 348 g/mol. The Morgan fingerprint density at radius 2 is 2.08 bits per heavy atom. The van der Waals surface area contributed by atoms with Crippen molar-refractivity contribution < 1.29 is 8.42 Å². The Hall–Kier alpha value is -0.630. The smallest absolute Gasteiger partial charge is 0.244 e. The van der Waals surface area contributed by atoms with Crippen LogP contribution in [0.15, 0.2) is 4.90 Å². The second-order valence-corrected chi connectivity index (χ2v) is 8.68. The van der Waals surface area contributed by atoms with Crippen molar-refractivity contribution in [1.29, 1.82) is 0 Å². The van der Waals surface area contributed by atoms with E-state index < -0.39 is 10.0 Å². The van der Waals surface area contributed by atoms with E-state index in [4.69, 9.17) is 0 Å². The average molecular weight is 379 g/mol. The predicted molar refractivity (Wildman–Crippen MR) is 99.2 cm³/mol. The van der Waals surface area contributed by atoms with Gasteiger partial charge in [0.2, 0.25) is 10.0 Å². The summed E-state index contributed by atoms with van der Waals surface area (Å²) in [4.78, 5) is 0.347. The molecule has 0 radical (unpaired) electrons. The molecule has 1 atom stereocenters. The number of rotatable bonds is 7. The molecule has 1 saturated heterocycles. The van der Waals surface area contributed by atoms with Crippen LogP contribution < -0.4 is 10.0 Å². The Kier molecular flexibility index (Phi) is 8.19. The number of sulfonamides is 1. The molecule has 0 bridgehead atoms. The van der Waals surface area contributed by atoms with E-state index in [1.165, 1.54) is 12.8 Å². The van der Waals surface area contributed by atoms with Crippen molar-refractivity contribution in [1.82, 2.24) is 19.8 Å². The van der Waals surface area contributed by atoms with Gasteiger partial charge < -0.3 is 5.32 Å². The third-order valence-corrected chi connectivity index (χ3v) is 6.08. The van der Waals surface area contributed by atoms with Gasteiger partial charge in [-0.3, -0.25) is 4.68 Å². The van der Waals surface area contributed by atoms with Crippen molar-refractivity contribution in [2.75, 3.05) is 19.6 Å². The minimum Gasteiger partial charge on any atom is -0.316 e. The molecule has 140 valence electrons. The van der Waals surface area contributed by atoms with Crippen molar-refractivity contribution in [3.63, 3.8) is 0 Å². The molecule has 8 heteroatoms. The highest BCUT2D eigenvalue weighted by molar-refractivity contribution is 7.89. The van der Waals surface area contributed by atoms with Crippen LogP contribution in [0.25, 0.3) is 0 Å². The lowest BCUT2D eigenvalue weighted by atomic mass is 9.96. The Labute approximate surface area is 152 Å². The van der Waals surface area contributed by atoms with Gasteiger partial charge >= 0.3 is 0 Å². The fourth-order valence-electron chi connectivity index (χ4n) is 3.23. The van der Waals surface area contributed by atoms with Crippen LogP contribution in [0.1, 0.15) is 44.5 Å². The monoisotopic (exact) mass is 378 g/mol. The fraction of sp³-hybridized carbons (Fsp3) is 0.812. The molecule has 0 aromatic carbocycles. The first-order valence-corrected chi connectivity index (χ1v) is 10.0. The van der Waals surface area contributed by atoms with Gasteiger partial charge in [-0.15, -0.1) is 12.4 Å². The average Bonchev–Trinajstić information content (AvgIpc) is 2.74. The maximum Gasteiger partial charge on any atom is 0.244 e. The van der Waals surface area contributed by atoms with Gasteiger partial charge in [0, 0.05) is 13.1 Å². The lowest BCUT2D eigenvalue weighted by Gasteiger charge is -2.22. The normalized spacial score (nSPS) is 18.6. The summed E-state index contributed by atoms with van der Waals surface area (Å²) < 4.78 is 29.8. The quantitative estimate of drug-likeness (QED) is 0.762. The van der Waals surface area contributed by atoms with Gasteiger partial charge in [-0.2, -0.15) is 5.10 Å². The van der Waals surface area contributed by atoms with Crippen molar-refractivity contribution in [2.45, 2.75) is 58.4 Å². The van der Waals surface area contributed by atoms with Crippen LogP contribution >= 0.6 is 12.4 Å². The van der Waals surface area contributed by atoms with Crippen LogP contribution in [0.4, 0.5) is 0 Å². The highest BCUT2D eigenvalue weighted by Gasteiger charge is 2.25. The van der Waals surface area contributed by atoms with Crippen LogP contribution in [0, 0.1) is 25.7 Å². The Bertz CT molecular complexity index is 622. The van der Waals surface area contributed by atoms with Crippen molar-refractivity contribution in [3.8, 4) is 0 Å². The molecule has 1 aromatic heterocycles. The molecule has 2 N–H and O–H groups in total. The summed E-state index contributed by atoms with van der Waals surface area (Å²) in [5.74, 6) is 0.993. The third kappa shape index (κ3) is 5.44. The van der Waals surface area contributed by atoms with Crippen LogP contribution in [0.3, 0.4) is 0 Å². The van der Waals surface area contributed by atoms with E-state index in [0.717, 1.165) is 31.7 Å². The maximum absolute atomic E-state index is 12.6. The zero-order valence-electron chi connectivity index (χ0n) is 15.1. The minimum atomic E-state index is -3.49. The lowest BCUT2D eigenvalue weighted by Crippen LogP contribution is -2.33. The van der Waals surface area contributed by atoms with Gasteiger partial charge in [-0.05, 0) is 58.0 Å². The van der Waals surface area contributed by atoms with E-state index >= 15 is 0 Å². The SMILES string of the molecule is Cc1nn(CC(C)C)c(C)c1S(=O)(=O)NCCC1CCCNC1.Cl. The van der Waals surface area contributed by atoms with Gasteiger partial charge in [0.05, 0.1) is 11.4 Å². The molecule has 0 spiro atoms. The molecule has 0 aliphatic carbocycles. The molecule has 2 heterocycles. The molecule has 1 unspecified atom stereocenters. The minimum absolute atomic E-state index is 0. The number of halogens is 1. The number of hydrogen-bond acceptors (Lipinski definition) is 4. The van der Waals surface area contributed by atoms with Crippen molar-refractivity contribution in [3.05, 3.63) is 11.4 Å². The van der Waals surface area contributed by atoms with E-state index in [1.54, 1.807) is 11.6 Å². The summed E-state index contributed by atoms with van der Waals surface area (Å²) in [6.07, 6.45) is 3.24. The number of nitrogens with zero attached hydrogens (tertiary/aromatic N) is 2. The standard InChI is InChI=1S/C16H30N4O2S.ClH/c1-12(2)11-20-14(4)16(13(3)19-20)23(21,22)18-9-7-15-6-5-8-17-10-15;/h12,15,17-18H,5-11H2,1-4H3;1H. The summed E-state index contributed by atoms with van der Waals surface area (Å²) in [5, 5.41) is 7.77. The lowest BCUT2D eigenvalue weighted by molar-refractivity contribution is 0.358. The van der Waals surface area contributed by atoms with Gasteiger partial charge in [0.25, 0.3) is 0 Å². The molecule has 0 amide bonds. The summed E-state index contributed by atoms with van der Waals surface area (Å²) in [5.41, 5.74) is 1.30. The van der Waals surface area contributed by atoms with E-state index in [2.05, 4.69) is 29.0 Å². The molecule has 1 fully saturated rings. The number of aryl methyl sites for hydroxylation is 1. The highest BCUT2D eigenvalue weighted by Crippen LogP contribution is 2.20. The summed E-state index contributed by atoms with van der Waals surface area (Å²) in [6.45, 7) is 11.1. The predicted octanol–water partition coefficient (Wildman–Crippen LogP) is 2.25. The fourth-order valence-corrected chi connectivity index (χ4v) is 4.69. The van der Waals surface area contributed by atoms with Crippen LogP contribution in [-0.4, -0.2) is 37.8 Å². The van der Waals surface area contributed by atoms with Crippen LogP contribution in [0.5, 0.6) is 0 Å². The summed E-state index contributed by atoms with van der Waals surface area (Å²) in [7, 11) is -3.49. The molecule has 1 aromatic rings. The van der Waals surface area contributed by atoms with Gasteiger partial charge in [0.1, 0.15) is 4.90 Å². The summed E-state index contributed by atoms with van der Waals surface area (Å²) >= 11 is 0. The summed E-state index contributed by atoms with van der Waals surface area (Å²) in [6, 6.07) is 0. The third-order valence-electron chi connectivity index (χ3n) is 4.37. The Morgan fingerprint density at radius 1 is 1.38 bits per heavy atom. The first-order chi connectivity index (χ1) is 10.8. The van der Waals surface area contributed by atoms with Crippen LogP contribution in [-0.2, 0) is 16.6 Å². The molecule has 24 heavy (non-hydrogen) atoms. The van der Waals surface area contributed by atoms with Crippen molar-refractivity contribution >= 4 is 22.4 Å². The number of aromatic nitrogens is 2. The topological polar surface area (TPSA) is 76.0 Å². The van der Waals surface area contributed by atoms with Gasteiger partial charge in [0.15, 0.2) is 0 Å². The first-order valence-electron chi connectivity index (χ1n) is 8.55. The highest BCUT2D eigenvalue weighted by atomic mass is 35.5. The first kappa shape index (κ1) is 21.4. The van der Waals surface area contributed by atoms with Gasteiger partial charge in [-0.25, -0.2) is 13.1 Å². The number of nitrogens with one attached hydrogen (secondary N) is 2. The van der Waals surface area contributed by atoms with E-state index in [-0.39, 0.29) is 12.4 Å². The number of piperidine rings is 1. The largest absolute Gasteiger partial charge is 0.316 e. The number of hydrogen-bond donors (Lipinski definition) is 2. The zero-order valence-corrected chi connectivity index (χ0v) is 16.8. The molecule has 1 aliphatic rings. The molecule has 1 aliphatic heterocycles. The second-order valence-electron chi connectivity index (χ2n) is 6.97. The Balaban J connectivity index is 0.00000288.